The van der Waals surface area contributed by atoms with E-state index in [0.717, 1.165) is 27.8 Å². The van der Waals surface area contributed by atoms with Crippen molar-refractivity contribution in [1.29, 1.82) is 0 Å². The molecular formula is C55H35N3. The number of rotatable bonds is 5. The number of hydrogen-bond acceptors (Lipinski definition) is 1. The molecule has 0 unspecified atom stereocenters. The van der Waals surface area contributed by atoms with Crippen molar-refractivity contribution in [2.75, 3.05) is 0 Å². The van der Waals surface area contributed by atoms with Crippen molar-refractivity contribution < 1.29 is 0 Å². The van der Waals surface area contributed by atoms with E-state index in [2.05, 4.69) is 214 Å². The van der Waals surface area contributed by atoms with Gasteiger partial charge in [0.1, 0.15) is 0 Å². The number of hydrogen-bond donors (Lipinski definition) is 0. The van der Waals surface area contributed by atoms with Crippen LogP contribution in [0.25, 0.3) is 110 Å². The molecule has 0 N–H and O–H groups in total. The first kappa shape index (κ1) is 32.5. The lowest BCUT2D eigenvalue weighted by Gasteiger charge is -2.16. The first-order valence-electron chi connectivity index (χ1n) is 19.9. The lowest BCUT2D eigenvalue weighted by atomic mass is 9.88. The average molecular weight is 738 g/mol. The molecule has 3 aromatic heterocycles. The van der Waals surface area contributed by atoms with Gasteiger partial charge in [-0.15, -0.1) is 0 Å². The first-order valence-corrected chi connectivity index (χ1v) is 19.9. The van der Waals surface area contributed by atoms with Crippen LogP contribution in [0.2, 0.25) is 0 Å². The second-order valence-electron chi connectivity index (χ2n) is 15.2. The fourth-order valence-electron chi connectivity index (χ4n) is 9.37. The Labute approximate surface area is 335 Å². The molecule has 12 aromatic rings. The van der Waals surface area contributed by atoms with E-state index in [1.54, 1.807) is 0 Å². The summed E-state index contributed by atoms with van der Waals surface area (Å²) in [5, 5.41) is 9.81. The first-order chi connectivity index (χ1) is 28.8. The van der Waals surface area contributed by atoms with Gasteiger partial charge in [-0.05, 0) is 116 Å². The quantitative estimate of drug-likeness (QED) is 0.161. The van der Waals surface area contributed by atoms with E-state index in [1.165, 1.54) is 82.1 Å². The SMILES string of the molecule is c1ccc(-c2ccc(-n3c4ccncc4c4cc(-c5ccccc5-c5cc6ccc(-n7c8ccccc8c8ccccc87)cc6c6ccccc56)ccc43)cc2)cc1. The van der Waals surface area contributed by atoms with Gasteiger partial charge in [0.15, 0.2) is 0 Å². The zero-order chi connectivity index (χ0) is 38.2. The van der Waals surface area contributed by atoms with Crippen LogP contribution in [-0.2, 0) is 0 Å². The van der Waals surface area contributed by atoms with Crippen molar-refractivity contribution in [1.82, 2.24) is 14.1 Å². The van der Waals surface area contributed by atoms with Crippen LogP contribution in [0.3, 0.4) is 0 Å². The van der Waals surface area contributed by atoms with Crippen LogP contribution in [0.1, 0.15) is 0 Å². The predicted molar refractivity (Wildman–Crippen MR) is 244 cm³/mol. The van der Waals surface area contributed by atoms with Crippen molar-refractivity contribution in [3.8, 4) is 44.8 Å². The second kappa shape index (κ2) is 12.9. The van der Waals surface area contributed by atoms with Crippen LogP contribution in [0.4, 0.5) is 0 Å². The third-order valence-electron chi connectivity index (χ3n) is 12.0. The molecule has 0 spiro atoms. The Balaban J connectivity index is 1.01. The Morgan fingerprint density at radius 3 is 1.64 bits per heavy atom. The zero-order valence-electron chi connectivity index (χ0n) is 31.5. The molecule has 0 bridgehead atoms. The Kier molecular flexibility index (Phi) is 7.23. The van der Waals surface area contributed by atoms with Crippen LogP contribution in [-0.4, -0.2) is 14.1 Å². The monoisotopic (exact) mass is 737 g/mol. The van der Waals surface area contributed by atoms with Crippen LogP contribution in [0, 0.1) is 0 Å². The Morgan fingerprint density at radius 1 is 0.293 bits per heavy atom. The lowest BCUT2D eigenvalue weighted by molar-refractivity contribution is 1.17. The maximum absolute atomic E-state index is 4.59. The summed E-state index contributed by atoms with van der Waals surface area (Å²) in [5.41, 5.74) is 14.3. The Morgan fingerprint density at radius 2 is 0.862 bits per heavy atom. The molecule has 9 aromatic carbocycles. The molecule has 0 radical (unpaired) electrons. The summed E-state index contributed by atoms with van der Waals surface area (Å²) in [5.74, 6) is 0. The van der Waals surface area contributed by atoms with E-state index in [4.69, 9.17) is 0 Å². The number of pyridine rings is 1. The highest BCUT2D eigenvalue weighted by Crippen LogP contribution is 2.43. The van der Waals surface area contributed by atoms with Crippen LogP contribution >= 0.6 is 0 Å². The normalized spacial score (nSPS) is 11.8. The molecular weight excluding hydrogens is 703 g/mol. The number of benzene rings is 9. The molecule has 270 valence electrons. The fraction of sp³-hybridized carbons (Fsp3) is 0. The van der Waals surface area contributed by atoms with Gasteiger partial charge in [0.2, 0.25) is 0 Å². The number of nitrogens with zero attached hydrogens (tertiary/aromatic N) is 3. The van der Waals surface area contributed by atoms with Crippen LogP contribution < -0.4 is 0 Å². The van der Waals surface area contributed by atoms with E-state index in [-0.39, 0.29) is 0 Å². The topological polar surface area (TPSA) is 22.8 Å². The Bertz CT molecular complexity index is 3500. The van der Waals surface area contributed by atoms with E-state index >= 15 is 0 Å². The zero-order valence-corrected chi connectivity index (χ0v) is 31.5. The molecule has 0 fully saturated rings. The van der Waals surface area contributed by atoms with Crippen molar-refractivity contribution in [2.24, 2.45) is 0 Å². The van der Waals surface area contributed by atoms with Crippen molar-refractivity contribution in [3.05, 3.63) is 213 Å². The highest BCUT2D eigenvalue weighted by Gasteiger charge is 2.18. The smallest absolute Gasteiger partial charge is 0.0571 e. The minimum absolute atomic E-state index is 1.13. The highest BCUT2D eigenvalue weighted by atomic mass is 15.0. The van der Waals surface area contributed by atoms with Gasteiger partial charge in [0, 0.05) is 45.3 Å². The minimum atomic E-state index is 1.13. The third kappa shape index (κ3) is 4.97. The lowest BCUT2D eigenvalue weighted by Crippen LogP contribution is -1.95. The molecule has 0 saturated carbocycles. The number of para-hydroxylation sites is 2. The minimum Gasteiger partial charge on any atom is -0.309 e. The van der Waals surface area contributed by atoms with Gasteiger partial charge in [-0.25, -0.2) is 0 Å². The molecule has 0 aliphatic heterocycles. The second-order valence-corrected chi connectivity index (χ2v) is 15.2. The van der Waals surface area contributed by atoms with Gasteiger partial charge in [-0.2, -0.15) is 0 Å². The van der Waals surface area contributed by atoms with Gasteiger partial charge >= 0.3 is 0 Å². The standard InChI is InChI=1S/C55H35N3/c1-2-12-36(13-3-1)37-22-26-40(27-23-37)57-54-29-25-38(33-50(54)51-35-56-31-30-55(51)57)42-14-4-5-15-43(42)49-32-39-24-28-41(34-48(39)44-16-6-7-17-45(44)49)58-52-20-10-8-18-46(52)47-19-9-11-21-53(47)58/h1-35H. The average Bonchev–Trinajstić information content (AvgIpc) is 3.82. The van der Waals surface area contributed by atoms with E-state index in [0.29, 0.717) is 0 Å². The van der Waals surface area contributed by atoms with E-state index in [1.807, 2.05) is 12.4 Å². The largest absolute Gasteiger partial charge is 0.309 e. The molecule has 12 rings (SSSR count). The molecule has 0 atom stereocenters. The summed E-state index contributed by atoms with van der Waals surface area (Å²) in [6, 6.07) is 73.0. The van der Waals surface area contributed by atoms with Gasteiger partial charge in [-0.3, -0.25) is 4.98 Å². The Hall–Kier alpha value is -7.75. The number of fused-ring (bicyclic) bond motifs is 9. The van der Waals surface area contributed by atoms with Gasteiger partial charge in [0.25, 0.3) is 0 Å². The van der Waals surface area contributed by atoms with Gasteiger partial charge < -0.3 is 9.13 Å². The van der Waals surface area contributed by atoms with Crippen LogP contribution in [0.5, 0.6) is 0 Å². The predicted octanol–water partition coefficient (Wildman–Crippen LogP) is 14.6. The van der Waals surface area contributed by atoms with Gasteiger partial charge in [-0.1, -0.05) is 140 Å². The van der Waals surface area contributed by atoms with Crippen LogP contribution in [0.15, 0.2) is 213 Å². The molecule has 3 heterocycles. The summed E-state index contributed by atoms with van der Waals surface area (Å²) in [6.07, 6.45) is 3.90. The maximum Gasteiger partial charge on any atom is 0.0571 e. The molecule has 0 saturated heterocycles. The summed E-state index contributed by atoms with van der Waals surface area (Å²) in [6.45, 7) is 0. The van der Waals surface area contributed by atoms with Crippen molar-refractivity contribution >= 4 is 65.2 Å². The van der Waals surface area contributed by atoms with Crippen molar-refractivity contribution in [2.45, 2.75) is 0 Å². The molecule has 0 aliphatic carbocycles. The molecule has 3 heteroatoms. The summed E-state index contributed by atoms with van der Waals surface area (Å²) >= 11 is 0. The molecule has 58 heavy (non-hydrogen) atoms. The maximum atomic E-state index is 4.59. The van der Waals surface area contributed by atoms with E-state index in [9.17, 15) is 0 Å². The summed E-state index contributed by atoms with van der Waals surface area (Å²) < 4.78 is 4.77. The third-order valence-corrected chi connectivity index (χ3v) is 12.0. The molecule has 3 nitrogen and oxygen atoms in total. The highest BCUT2D eigenvalue weighted by molar-refractivity contribution is 6.17. The van der Waals surface area contributed by atoms with Crippen molar-refractivity contribution in [3.63, 3.8) is 0 Å². The fourth-order valence-corrected chi connectivity index (χ4v) is 9.37. The summed E-state index contributed by atoms with van der Waals surface area (Å²) in [4.78, 5) is 4.59. The summed E-state index contributed by atoms with van der Waals surface area (Å²) in [7, 11) is 0. The number of aromatic nitrogens is 3. The van der Waals surface area contributed by atoms with Gasteiger partial charge in [0.05, 0.1) is 22.1 Å². The molecule has 0 amide bonds. The van der Waals surface area contributed by atoms with E-state index < -0.39 is 0 Å². The molecule has 0 aliphatic rings.